The summed E-state index contributed by atoms with van der Waals surface area (Å²) < 4.78 is 0.762. The number of nitro benzene ring substituents is 1. The third kappa shape index (κ3) is 4.39. The summed E-state index contributed by atoms with van der Waals surface area (Å²) in [6, 6.07) is 11.6. The van der Waals surface area contributed by atoms with Crippen LogP contribution in [0.3, 0.4) is 0 Å². The first-order valence-electron chi connectivity index (χ1n) is 7.36. The molecule has 0 radical (unpaired) electrons. The lowest BCUT2D eigenvalue weighted by Gasteiger charge is -2.09. The highest BCUT2D eigenvalue weighted by Gasteiger charge is 2.19. The number of carbonyl (C=O) groups excluding carboxylic acids is 1. The molecule has 0 unspecified atom stereocenters. The molecule has 120 valence electrons. The van der Waals surface area contributed by atoms with E-state index in [1.165, 1.54) is 23.8 Å². The van der Waals surface area contributed by atoms with Crippen LogP contribution in [0.15, 0.2) is 46.9 Å². The molecule has 0 saturated carbocycles. The van der Waals surface area contributed by atoms with Crippen molar-refractivity contribution in [3.05, 3.63) is 68.2 Å². The van der Waals surface area contributed by atoms with E-state index in [9.17, 15) is 14.9 Å². The van der Waals surface area contributed by atoms with Gasteiger partial charge in [0.15, 0.2) is 0 Å². The van der Waals surface area contributed by atoms with Crippen LogP contribution < -0.4 is 5.32 Å². The number of halogens is 1. The first kappa shape index (κ1) is 17.1. The fourth-order valence-corrected chi connectivity index (χ4v) is 2.74. The Morgan fingerprint density at radius 2 is 2.00 bits per heavy atom. The van der Waals surface area contributed by atoms with Crippen molar-refractivity contribution in [2.45, 2.75) is 26.2 Å². The quantitative estimate of drug-likeness (QED) is 0.572. The van der Waals surface area contributed by atoms with Crippen LogP contribution in [0.2, 0.25) is 0 Å². The van der Waals surface area contributed by atoms with E-state index in [0.717, 1.165) is 23.7 Å². The molecule has 0 heterocycles. The number of unbranched alkanes of at least 4 members (excludes halogenated alkanes) is 1. The maximum atomic E-state index is 12.3. The fraction of sp³-hybridized carbons (Fsp3) is 0.235. The molecule has 0 bridgehead atoms. The number of nitrogens with one attached hydrogen (secondary N) is 1. The summed E-state index contributed by atoms with van der Waals surface area (Å²) in [5.41, 5.74) is 1.61. The Kier molecular flexibility index (Phi) is 5.87. The molecule has 0 aliphatic heterocycles. The molecule has 6 heteroatoms. The molecular formula is C17H17BrN2O3. The number of carbonyl (C=O) groups is 1. The van der Waals surface area contributed by atoms with Gasteiger partial charge in [0, 0.05) is 10.5 Å². The average molecular weight is 377 g/mol. The minimum Gasteiger partial charge on any atom is -0.321 e. The number of anilines is 1. The molecule has 5 nitrogen and oxygen atoms in total. The number of para-hydroxylation sites is 1. The predicted molar refractivity (Wildman–Crippen MR) is 93.8 cm³/mol. The number of hydrogen-bond acceptors (Lipinski definition) is 3. The van der Waals surface area contributed by atoms with Gasteiger partial charge in [0.2, 0.25) is 0 Å². The van der Waals surface area contributed by atoms with Crippen molar-refractivity contribution < 1.29 is 9.72 Å². The van der Waals surface area contributed by atoms with Crippen LogP contribution >= 0.6 is 15.9 Å². The topological polar surface area (TPSA) is 72.2 Å². The van der Waals surface area contributed by atoms with Gasteiger partial charge in [0.25, 0.3) is 11.6 Å². The molecule has 2 aromatic carbocycles. The Balaban J connectivity index is 2.19. The standard InChI is InChI=1S/C17H17BrN2O3/c1-2-3-6-12-9-10-15(14(18)11-12)19-17(21)13-7-4-5-8-16(13)20(22)23/h4-5,7-11H,2-3,6H2,1H3,(H,19,21). The van der Waals surface area contributed by atoms with Crippen molar-refractivity contribution in [3.63, 3.8) is 0 Å². The monoisotopic (exact) mass is 376 g/mol. The molecule has 23 heavy (non-hydrogen) atoms. The van der Waals surface area contributed by atoms with Crippen LogP contribution in [-0.4, -0.2) is 10.8 Å². The summed E-state index contributed by atoms with van der Waals surface area (Å²) in [4.78, 5) is 22.8. The molecular weight excluding hydrogens is 360 g/mol. The van der Waals surface area contributed by atoms with Gasteiger partial charge in [0.05, 0.1) is 10.6 Å². The molecule has 0 spiro atoms. The minimum atomic E-state index is -0.558. The van der Waals surface area contributed by atoms with Crippen LogP contribution in [-0.2, 0) is 6.42 Å². The van der Waals surface area contributed by atoms with Crippen LogP contribution in [0.4, 0.5) is 11.4 Å². The largest absolute Gasteiger partial charge is 0.321 e. The lowest BCUT2D eigenvalue weighted by Crippen LogP contribution is -2.14. The van der Waals surface area contributed by atoms with Crippen LogP contribution in [0, 0.1) is 10.1 Å². The van der Waals surface area contributed by atoms with E-state index in [0.29, 0.717) is 5.69 Å². The number of hydrogen-bond donors (Lipinski definition) is 1. The number of nitrogens with zero attached hydrogens (tertiary/aromatic N) is 1. The van der Waals surface area contributed by atoms with Gasteiger partial charge >= 0.3 is 0 Å². The van der Waals surface area contributed by atoms with Crippen molar-refractivity contribution >= 4 is 33.2 Å². The fourth-order valence-electron chi connectivity index (χ4n) is 2.21. The van der Waals surface area contributed by atoms with Gasteiger partial charge in [-0.25, -0.2) is 0 Å². The molecule has 0 aliphatic carbocycles. The van der Waals surface area contributed by atoms with E-state index in [1.807, 2.05) is 18.2 Å². The highest BCUT2D eigenvalue weighted by atomic mass is 79.9. The van der Waals surface area contributed by atoms with E-state index in [4.69, 9.17) is 0 Å². The van der Waals surface area contributed by atoms with Crippen molar-refractivity contribution in [1.29, 1.82) is 0 Å². The number of aryl methyl sites for hydroxylation is 1. The van der Waals surface area contributed by atoms with Crippen molar-refractivity contribution in [2.24, 2.45) is 0 Å². The third-order valence-corrected chi connectivity index (χ3v) is 4.10. The summed E-state index contributed by atoms with van der Waals surface area (Å²) in [6.45, 7) is 2.14. The second-order valence-corrected chi connectivity index (χ2v) is 6.00. The first-order valence-corrected chi connectivity index (χ1v) is 8.15. The maximum absolute atomic E-state index is 12.3. The van der Waals surface area contributed by atoms with Crippen LogP contribution in [0.1, 0.15) is 35.7 Å². The zero-order chi connectivity index (χ0) is 16.8. The summed E-state index contributed by atoms with van der Waals surface area (Å²) in [7, 11) is 0. The normalized spacial score (nSPS) is 10.3. The van der Waals surface area contributed by atoms with Gasteiger partial charge in [0.1, 0.15) is 5.56 Å². The van der Waals surface area contributed by atoms with Gasteiger partial charge < -0.3 is 5.32 Å². The zero-order valence-corrected chi connectivity index (χ0v) is 14.3. The van der Waals surface area contributed by atoms with Gasteiger partial charge in [-0.3, -0.25) is 14.9 Å². The van der Waals surface area contributed by atoms with Gasteiger partial charge in [-0.1, -0.05) is 31.5 Å². The minimum absolute atomic E-state index is 0.0412. The van der Waals surface area contributed by atoms with Crippen LogP contribution in [0.5, 0.6) is 0 Å². The summed E-state index contributed by atoms with van der Waals surface area (Å²) in [5, 5.41) is 13.7. The Morgan fingerprint density at radius 1 is 1.26 bits per heavy atom. The third-order valence-electron chi connectivity index (χ3n) is 3.45. The number of nitro groups is 1. The van der Waals surface area contributed by atoms with Gasteiger partial charge in [-0.2, -0.15) is 0 Å². The highest BCUT2D eigenvalue weighted by Crippen LogP contribution is 2.26. The average Bonchev–Trinajstić information content (AvgIpc) is 2.55. The molecule has 0 atom stereocenters. The maximum Gasteiger partial charge on any atom is 0.282 e. The van der Waals surface area contributed by atoms with Crippen LogP contribution in [0.25, 0.3) is 0 Å². The predicted octanol–water partition coefficient (Wildman–Crippen LogP) is 4.95. The summed E-state index contributed by atoms with van der Waals surface area (Å²) in [6.07, 6.45) is 3.20. The van der Waals surface area contributed by atoms with E-state index in [2.05, 4.69) is 28.2 Å². The molecule has 2 rings (SSSR count). The second-order valence-electron chi connectivity index (χ2n) is 5.15. The first-order chi connectivity index (χ1) is 11.0. The number of benzene rings is 2. The zero-order valence-electron chi connectivity index (χ0n) is 12.7. The lowest BCUT2D eigenvalue weighted by atomic mass is 10.1. The smallest absolute Gasteiger partial charge is 0.282 e. The molecule has 1 N–H and O–H groups in total. The molecule has 0 fully saturated rings. The Labute approximate surface area is 143 Å². The van der Waals surface area contributed by atoms with Gasteiger partial charge in [-0.05, 0) is 52.5 Å². The highest BCUT2D eigenvalue weighted by molar-refractivity contribution is 9.10. The van der Waals surface area contributed by atoms with E-state index >= 15 is 0 Å². The molecule has 1 amide bonds. The van der Waals surface area contributed by atoms with Crippen molar-refractivity contribution in [2.75, 3.05) is 5.32 Å². The Morgan fingerprint density at radius 3 is 2.65 bits per heavy atom. The van der Waals surface area contributed by atoms with E-state index < -0.39 is 10.8 Å². The van der Waals surface area contributed by atoms with Crippen molar-refractivity contribution in [3.8, 4) is 0 Å². The number of rotatable bonds is 6. The molecule has 2 aromatic rings. The lowest BCUT2D eigenvalue weighted by molar-refractivity contribution is -0.385. The van der Waals surface area contributed by atoms with E-state index in [1.54, 1.807) is 6.07 Å². The van der Waals surface area contributed by atoms with E-state index in [-0.39, 0.29) is 11.3 Å². The van der Waals surface area contributed by atoms with Crippen molar-refractivity contribution in [1.82, 2.24) is 0 Å². The van der Waals surface area contributed by atoms with Gasteiger partial charge in [-0.15, -0.1) is 0 Å². The molecule has 0 aliphatic rings. The Bertz CT molecular complexity index is 732. The second kappa shape index (κ2) is 7.87. The number of amides is 1. The summed E-state index contributed by atoms with van der Waals surface area (Å²) >= 11 is 3.44. The Hall–Kier alpha value is -2.21. The summed E-state index contributed by atoms with van der Waals surface area (Å²) in [5.74, 6) is -0.501. The molecule has 0 aromatic heterocycles. The SMILES string of the molecule is CCCCc1ccc(NC(=O)c2ccccc2[N+](=O)[O-])c(Br)c1. The molecule has 0 saturated heterocycles.